The summed E-state index contributed by atoms with van der Waals surface area (Å²) in [4.78, 5) is 0. The van der Waals surface area contributed by atoms with E-state index in [1.54, 1.807) is 12.1 Å². The summed E-state index contributed by atoms with van der Waals surface area (Å²) in [6.07, 6.45) is 0.315. The van der Waals surface area contributed by atoms with Crippen LogP contribution in [0.2, 0.25) is 0 Å². The molecule has 0 heterocycles. The van der Waals surface area contributed by atoms with E-state index < -0.39 is 0 Å². The number of rotatable bonds is 3. The Morgan fingerprint density at radius 1 is 1.00 bits per heavy atom. The van der Waals surface area contributed by atoms with Crippen LogP contribution in [0.25, 0.3) is 11.1 Å². The number of hydrogen-bond donors (Lipinski definition) is 5. The summed E-state index contributed by atoms with van der Waals surface area (Å²) in [5, 5.41) is 28.9. The zero-order valence-corrected chi connectivity index (χ0v) is 10.3. The number of nitrogen functional groups attached to an aromatic ring is 2. The first-order valence-electron chi connectivity index (χ1n) is 5.84. The molecule has 0 aliphatic heterocycles. The number of benzene rings is 2. The number of nitrogens with two attached hydrogens (primary N) is 2. The highest BCUT2D eigenvalue weighted by molar-refractivity contribution is 5.84. The van der Waals surface area contributed by atoms with Crippen molar-refractivity contribution < 1.29 is 15.3 Å². The van der Waals surface area contributed by atoms with Crippen molar-refractivity contribution >= 4 is 11.4 Å². The zero-order valence-electron chi connectivity index (χ0n) is 10.3. The molecular formula is C14H16N2O3. The molecule has 0 spiro atoms. The third-order valence-corrected chi connectivity index (χ3v) is 2.96. The van der Waals surface area contributed by atoms with Crippen molar-refractivity contribution in [2.24, 2.45) is 0 Å². The average molecular weight is 260 g/mol. The van der Waals surface area contributed by atoms with Gasteiger partial charge in [0, 0.05) is 18.0 Å². The molecule has 0 unspecified atom stereocenters. The van der Waals surface area contributed by atoms with Gasteiger partial charge in [-0.1, -0.05) is 6.07 Å². The standard InChI is InChI=1S/C14H16N2O3/c15-8-6-10(9(4-5-17)11(16)7-8)14-12(18)2-1-3-13(14)19/h1-3,6-7,17-19H,4-5,15-16H2. The van der Waals surface area contributed by atoms with Crippen LogP contribution in [0.5, 0.6) is 11.5 Å². The first kappa shape index (κ1) is 13.0. The minimum absolute atomic E-state index is 0.0656. The molecule has 100 valence electrons. The number of aromatic hydroxyl groups is 2. The lowest BCUT2D eigenvalue weighted by Gasteiger charge is -2.15. The van der Waals surface area contributed by atoms with Crippen molar-refractivity contribution in [3.8, 4) is 22.6 Å². The fourth-order valence-corrected chi connectivity index (χ4v) is 2.14. The Balaban J connectivity index is 2.73. The summed E-state index contributed by atoms with van der Waals surface area (Å²) >= 11 is 0. The Morgan fingerprint density at radius 2 is 1.63 bits per heavy atom. The minimum atomic E-state index is -0.0878. The van der Waals surface area contributed by atoms with Crippen LogP contribution >= 0.6 is 0 Å². The lowest BCUT2D eigenvalue weighted by atomic mass is 9.94. The van der Waals surface area contributed by atoms with Gasteiger partial charge in [0.25, 0.3) is 0 Å². The second-order valence-corrected chi connectivity index (χ2v) is 4.28. The quantitative estimate of drug-likeness (QED) is 0.536. The highest BCUT2D eigenvalue weighted by Gasteiger charge is 2.16. The van der Waals surface area contributed by atoms with Gasteiger partial charge in [0.05, 0.1) is 5.56 Å². The molecule has 5 heteroatoms. The highest BCUT2D eigenvalue weighted by atomic mass is 16.3. The third kappa shape index (κ3) is 2.41. The van der Waals surface area contributed by atoms with E-state index in [9.17, 15) is 10.2 Å². The molecule has 5 nitrogen and oxygen atoms in total. The van der Waals surface area contributed by atoms with Crippen LogP contribution in [-0.2, 0) is 6.42 Å². The number of anilines is 2. The van der Waals surface area contributed by atoms with Gasteiger partial charge in [0.1, 0.15) is 11.5 Å². The molecule has 0 saturated heterocycles. The van der Waals surface area contributed by atoms with Gasteiger partial charge in [-0.3, -0.25) is 0 Å². The van der Waals surface area contributed by atoms with E-state index in [1.165, 1.54) is 18.2 Å². The molecule has 0 radical (unpaired) electrons. The molecule has 0 atom stereocenters. The van der Waals surface area contributed by atoms with Crippen LogP contribution in [0, 0.1) is 0 Å². The molecule has 0 aliphatic rings. The average Bonchev–Trinajstić information content (AvgIpc) is 2.33. The van der Waals surface area contributed by atoms with Gasteiger partial charge in [-0.25, -0.2) is 0 Å². The lowest BCUT2D eigenvalue weighted by Crippen LogP contribution is -2.02. The summed E-state index contributed by atoms with van der Waals surface area (Å²) in [5.74, 6) is -0.131. The van der Waals surface area contributed by atoms with E-state index >= 15 is 0 Å². The molecule has 0 fully saturated rings. The molecule has 0 aliphatic carbocycles. The molecular weight excluding hydrogens is 244 g/mol. The van der Waals surface area contributed by atoms with Crippen molar-refractivity contribution in [2.75, 3.05) is 18.1 Å². The van der Waals surface area contributed by atoms with E-state index in [0.29, 0.717) is 28.9 Å². The number of aliphatic hydroxyl groups excluding tert-OH is 1. The number of phenolic OH excluding ortho intramolecular Hbond substituents is 2. The smallest absolute Gasteiger partial charge is 0.127 e. The first-order valence-corrected chi connectivity index (χ1v) is 5.84. The van der Waals surface area contributed by atoms with E-state index in [4.69, 9.17) is 16.6 Å². The van der Waals surface area contributed by atoms with E-state index in [2.05, 4.69) is 0 Å². The maximum absolute atomic E-state index is 9.92. The SMILES string of the molecule is Nc1cc(N)c(CCO)c(-c2c(O)cccc2O)c1. The van der Waals surface area contributed by atoms with Gasteiger partial charge in [-0.2, -0.15) is 0 Å². The first-order chi connectivity index (χ1) is 9.04. The molecule has 2 aromatic rings. The number of hydrogen-bond acceptors (Lipinski definition) is 5. The normalized spacial score (nSPS) is 10.6. The Bertz CT molecular complexity index is 592. The predicted molar refractivity (Wildman–Crippen MR) is 74.8 cm³/mol. The Morgan fingerprint density at radius 3 is 2.21 bits per heavy atom. The topological polar surface area (TPSA) is 113 Å². The Hall–Kier alpha value is -2.40. The maximum atomic E-state index is 9.92. The van der Waals surface area contributed by atoms with Crippen molar-refractivity contribution in [2.45, 2.75) is 6.42 Å². The van der Waals surface area contributed by atoms with Crippen molar-refractivity contribution in [3.05, 3.63) is 35.9 Å². The van der Waals surface area contributed by atoms with Gasteiger partial charge in [-0.05, 0) is 41.8 Å². The van der Waals surface area contributed by atoms with Crippen molar-refractivity contribution in [1.82, 2.24) is 0 Å². The Labute approximate surface area is 110 Å². The molecule has 2 rings (SSSR count). The molecule has 19 heavy (non-hydrogen) atoms. The molecule has 7 N–H and O–H groups in total. The largest absolute Gasteiger partial charge is 0.507 e. The van der Waals surface area contributed by atoms with Gasteiger partial charge in [-0.15, -0.1) is 0 Å². The molecule has 2 aromatic carbocycles. The summed E-state index contributed by atoms with van der Waals surface area (Å²) < 4.78 is 0. The highest BCUT2D eigenvalue weighted by Crippen LogP contribution is 2.41. The van der Waals surface area contributed by atoms with Crippen LogP contribution in [0.1, 0.15) is 5.56 Å². The van der Waals surface area contributed by atoms with Crippen LogP contribution in [0.3, 0.4) is 0 Å². The fraction of sp³-hybridized carbons (Fsp3) is 0.143. The monoisotopic (exact) mass is 260 g/mol. The molecule has 0 aromatic heterocycles. The van der Waals surface area contributed by atoms with Gasteiger partial charge < -0.3 is 26.8 Å². The summed E-state index contributed by atoms with van der Waals surface area (Å²) in [6, 6.07) is 7.69. The number of phenols is 2. The summed E-state index contributed by atoms with van der Waals surface area (Å²) in [5.41, 5.74) is 13.9. The van der Waals surface area contributed by atoms with Crippen molar-refractivity contribution in [1.29, 1.82) is 0 Å². The second kappa shape index (κ2) is 5.07. The van der Waals surface area contributed by atoms with Gasteiger partial charge in [0.2, 0.25) is 0 Å². The van der Waals surface area contributed by atoms with Crippen molar-refractivity contribution in [3.63, 3.8) is 0 Å². The van der Waals surface area contributed by atoms with Crippen LogP contribution in [0.4, 0.5) is 11.4 Å². The molecule has 0 amide bonds. The second-order valence-electron chi connectivity index (χ2n) is 4.28. The maximum Gasteiger partial charge on any atom is 0.127 e. The summed E-state index contributed by atoms with van der Waals surface area (Å²) in [6.45, 7) is -0.0878. The van der Waals surface area contributed by atoms with Gasteiger partial charge in [0.15, 0.2) is 0 Å². The van der Waals surface area contributed by atoms with E-state index in [0.717, 1.165) is 0 Å². The molecule has 0 saturated carbocycles. The zero-order chi connectivity index (χ0) is 14.0. The van der Waals surface area contributed by atoms with Gasteiger partial charge >= 0.3 is 0 Å². The van der Waals surface area contributed by atoms with E-state index in [1.807, 2.05) is 0 Å². The molecule has 0 bridgehead atoms. The third-order valence-electron chi connectivity index (χ3n) is 2.96. The van der Waals surface area contributed by atoms with E-state index in [-0.39, 0.29) is 23.7 Å². The van der Waals surface area contributed by atoms with Crippen LogP contribution < -0.4 is 11.5 Å². The lowest BCUT2D eigenvalue weighted by molar-refractivity contribution is 0.300. The Kier molecular flexibility index (Phi) is 3.48. The van der Waals surface area contributed by atoms with Crippen LogP contribution in [0.15, 0.2) is 30.3 Å². The summed E-state index contributed by atoms with van der Waals surface area (Å²) in [7, 11) is 0. The predicted octanol–water partition coefficient (Wildman–Crippen LogP) is 1.46. The fourth-order valence-electron chi connectivity index (χ4n) is 2.14. The van der Waals surface area contributed by atoms with Crippen LogP contribution in [-0.4, -0.2) is 21.9 Å². The minimum Gasteiger partial charge on any atom is -0.507 e. The number of aliphatic hydroxyl groups is 1.